The number of nitrogens with zero attached hydrogens (tertiary/aromatic N) is 4. The van der Waals surface area contributed by atoms with E-state index in [0.717, 1.165) is 33.9 Å². The Morgan fingerprint density at radius 1 is 0.962 bits per heavy atom. The zero-order valence-corrected chi connectivity index (χ0v) is 14.7. The van der Waals surface area contributed by atoms with Crippen LogP contribution in [-0.4, -0.2) is 14.1 Å². The van der Waals surface area contributed by atoms with E-state index in [1.807, 2.05) is 49.5 Å². The molecule has 2 heterocycles. The molecule has 2 aromatic carbocycles. The molecule has 26 heavy (non-hydrogen) atoms. The monoisotopic (exact) mass is 338 g/mol. The van der Waals surface area contributed by atoms with Gasteiger partial charge < -0.3 is 4.57 Å². The molecular weight excluding hydrogens is 320 g/mol. The normalized spacial score (nSPS) is 10.7. The first-order valence-corrected chi connectivity index (χ1v) is 8.43. The minimum atomic E-state index is 0.663. The Balaban J connectivity index is 1.81. The van der Waals surface area contributed by atoms with E-state index in [1.54, 1.807) is 6.20 Å². The lowest BCUT2D eigenvalue weighted by molar-refractivity contribution is 1.03. The fourth-order valence-corrected chi connectivity index (χ4v) is 3.13. The highest BCUT2D eigenvalue weighted by molar-refractivity contribution is 5.67. The van der Waals surface area contributed by atoms with Crippen molar-refractivity contribution in [3.8, 4) is 22.8 Å². The predicted molar refractivity (Wildman–Crippen MR) is 104 cm³/mol. The zero-order chi connectivity index (χ0) is 18.1. The molecule has 0 radical (unpaired) electrons. The molecule has 4 nitrogen and oxygen atoms in total. The molecule has 0 fully saturated rings. The number of benzene rings is 2. The maximum Gasteiger partial charge on any atom is 0.190 e. The third kappa shape index (κ3) is 2.70. The molecule has 4 rings (SSSR count). The number of rotatable bonds is 3. The Kier molecular flexibility index (Phi) is 3.91. The van der Waals surface area contributed by atoms with Gasteiger partial charge in [0, 0.05) is 36.0 Å². The van der Waals surface area contributed by atoms with Crippen LogP contribution in [0.1, 0.15) is 11.1 Å². The fourth-order valence-electron chi connectivity index (χ4n) is 3.13. The summed E-state index contributed by atoms with van der Waals surface area (Å²) >= 11 is 0. The second-order valence-electron chi connectivity index (χ2n) is 6.30. The summed E-state index contributed by atoms with van der Waals surface area (Å²) in [5, 5.41) is 0. The van der Waals surface area contributed by atoms with E-state index in [0.29, 0.717) is 5.69 Å². The van der Waals surface area contributed by atoms with E-state index in [1.165, 1.54) is 0 Å². The molecule has 0 aliphatic rings. The number of para-hydroxylation sites is 1. The van der Waals surface area contributed by atoms with Crippen LogP contribution in [0.15, 0.2) is 73.3 Å². The van der Waals surface area contributed by atoms with Crippen LogP contribution in [0.3, 0.4) is 0 Å². The van der Waals surface area contributed by atoms with Crippen molar-refractivity contribution >= 4 is 5.69 Å². The maximum atomic E-state index is 7.35. The molecule has 0 aliphatic carbocycles. The molecule has 0 amide bonds. The number of aromatic nitrogens is 3. The number of hydrogen-bond donors (Lipinski definition) is 0. The van der Waals surface area contributed by atoms with Gasteiger partial charge in [0.1, 0.15) is 5.82 Å². The Labute approximate surface area is 152 Å². The Bertz CT molecular complexity index is 1110. The van der Waals surface area contributed by atoms with Gasteiger partial charge in [0.15, 0.2) is 5.69 Å². The molecular formula is C22H18N4. The first-order chi connectivity index (χ1) is 12.7. The third-order valence-electron chi connectivity index (χ3n) is 4.54. The molecule has 126 valence electrons. The fraction of sp³-hybridized carbons (Fsp3) is 0.0909. The molecule has 0 aliphatic heterocycles. The summed E-state index contributed by atoms with van der Waals surface area (Å²) in [5.74, 6) is 0.837. The van der Waals surface area contributed by atoms with E-state index in [-0.39, 0.29) is 0 Å². The SMILES string of the molecule is [C-]#[N+]c1cc(-c2nccn2-c2cn(-c3ccccc3)cc2C)ccc1C. The van der Waals surface area contributed by atoms with Crippen molar-refractivity contribution in [2.24, 2.45) is 0 Å². The molecule has 4 aromatic rings. The average Bonchev–Trinajstić information content (AvgIpc) is 3.29. The van der Waals surface area contributed by atoms with Crippen LogP contribution < -0.4 is 0 Å². The Hall–Kier alpha value is -3.58. The molecule has 4 heteroatoms. The summed E-state index contributed by atoms with van der Waals surface area (Å²) in [6.07, 6.45) is 7.99. The summed E-state index contributed by atoms with van der Waals surface area (Å²) in [5.41, 5.74) is 5.94. The van der Waals surface area contributed by atoms with Gasteiger partial charge in [0.05, 0.1) is 12.3 Å². The molecule has 0 atom stereocenters. The van der Waals surface area contributed by atoms with Gasteiger partial charge in [0.25, 0.3) is 0 Å². The standard InChI is InChI=1S/C22H18N4/c1-16-9-10-18(13-20(16)23-3)22-24-11-12-26(22)21-15-25(14-17(21)2)19-7-5-4-6-8-19/h4-15H,1-2H3. The van der Waals surface area contributed by atoms with Crippen molar-refractivity contribution in [1.82, 2.24) is 14.1 Å². The average molecular weight is 338 g/mol. The summed E-state index contributed by atoms with van der Waals surface area (Å²) in [4.78, 5) is 8.16. The molecule has 0 unspecified atom stereocenters. The van der Waals surface area contributed by atoms with E-state index in [9.17, 15) is 0 Å². The highest BCUT2D eigenvalue weighted by atomic mass is 15.1. The Morgan fingerprint density at radius 3 is 2.54 bits per heavy atom. The van der Waals surface area contributed by atoms with Gasteiger partial charge in [-0.25, -0.2) is 9.83 Å². The van der Waals surface area contributed by atoms with E-state index >= 15 is 0 Å². The van der Waals surface area contributed by atoms with Gasteiger partial charge in [0.2, 0.25) is 0 Å². The maximum absolute atomic E-state index is 7.35. The van der Waals surface area contributed by atoms with Gasteiger partial charge >= 0.3 is 0 Å². The van der Waals surface area contributed by atoms with E-state index < -0.39 is 0 Å². The van der Waals surface area contributed by atoms with Crippen LogP contribution in [-0.2, 0) is 0 Å². The van der Waals surface area contributed by atoms with Crippen LogP contribution in [0.25, 0.3) is 27.6 Å². The molecule has 0 saturated heterocycles. The van der Waals surface area contributed by atoms with Gasteiger partial charge in [-0.2, -0.15) is 0 Å². The van der Waals surface area contributed by atoms with Gasteiger partial charge in [-0.05, 0) is 43.2 Å². The molecule has 0 spiro atoms. The summed E-state index contributed by atoms with van der Waals surface area (Å²) in [6, 6.07) is 16.2. The second kappa shape index (κ2) is 6.38. The molecule has 0 bridgehead atoms. The topological polar surface area (TPSA) is 27.1 Å². The lowest BCUT2D eigenvalue weighted by Gasteiger charge is -2.09. The van der Waals surface area contributed by atoms with Crippen molar-refractivity contribution in [3.05, 3.63) is 95.9 Å². The minimum absolute atomic E-state index is 0.663. The quantitative estimate of drug-likeness (QED) is 0.453. The van der Waals surface area contributed by atoms with Crippen LogP contribution in [0.2, 0.25) is 0 Å². The number of aryl methyl sites for hydroxylation is 2. The van der Waals surface area contributed by atoms with E-state index in [2.05, 4.69) is 50.4 Å². The van der Waals surface area contributed by atoms with Gasteiger partial charge in [-0.3, -0.25) is 4.57 Å². The highest BCUT2D eigenvalue weighted by Crippen LogP contribution is 2.29. The molecule has 0 saturated carbocycles. The predicted octanol–water partition coefficient (Wildman–Crippen LogP) is 5.50. The first kappa shape index (κ1) is 15.9. The van der Waals surface area contributed by atoms with Crippen LogP contribution in [0.4, 0.5) is 5.69 Å². The smallest absolute Gasteiger partial charge is 0.190 e. The summed E-state index contributed by atoms with van der Waals surface area (Å²) in [6.45, 7) is 11.4. The van der Waals surface area contributed by atoms with Crippen molar-refractivity contribution in [2.45, 2.75) is 13.8 Å². The zero-order valence-electron chi connectivity index (χ0n) is 14.7. The number of hydrogen-bond acceptors (Lipinski definition) is 1. The van der Waals surface area contributed by atoms with Crippen LogP contribution in [0.5, 0.6) is 0 Å². The van der Waals surface area contributed by atoms with Crippen molar-refractivity contribution in [1.29, 1.82) is 0 Å². The number of imidazole rings is 1. The largest absolute Gasteiger partial charge is 0.321 e. The van der Waals surface area contributed by atoms with Crippen molar-refractivity contribution in [3.63, 3.8) is 0 Å². The Morgan fingerprint density at radius 2 is 1.77 bits per heavy atom. The van der Waals surface area contributed by atoms with Gasteiger partial charge in [-0.15, -0.1) is 0 Å². The third-order valence-corrected chi connectivity index (χ3v) is 4.54. The van der Waals surface area contributed by atoms with Crippen LogP contribution in [0, 0.1) is 20.4 Å². The molecule has 0 N–H and O–H groups in total. The van der Waals surface area contributed by atoms with Crippen molar-refractivity contribution in [2.75, 3.05) is 0 Å². The molecule has 2 aromatic heterocycles. The summed E-state index contributed by atoms with van der Waals surface area (Å²) < 4.78 is 4.20. The second-order valence-corrected chi connectivity index (χ2v) is 6.30. The highest BCUT2D eigenvalue weighted by Gasteiger charge is 2.13. The lowest BCUT2D eigenvalue weighted by atomic mass is 10.1. The lowest BCUT2D eigenvalue weighted by Crippen LogP contribution is -1.97. The first-order valence-electron chi connectivity index (χ1n) is 8.43. The minimum Gasteiger partial charge on any atom is -0.321 e. The van der Waals surface area contributed by atoms with Gasteiger partial charge in [-0.1, -0.05) is 30.3 Å². The summed E-state index contributed by atoms with van der Waals surface area (Å²) in [7, 11) is 0. The van der Waals surface area contributed by atoms with E-state index in [4.69, 9.17) is 6.57 Å². The van der Waals surface area contributed by atoms with Crippen molar-refractivity contribution < 1.29 is 0 Å². The van der Waals surface area contributed by atoms with Crippen LogP contribution >= 0.6 is 0 Å².